The molecule has 0 unspecified atom stereocenters. The molecule has 2 heterocycles. The Labute approximate surface area is 185 Å². The van der Waals surface area contributed by atoms with Crippen molar-refractivity contribution in [3.05, 3.63) is 107 Å². The van der Waals surface area contributed by atoms with Crippen molar-refractivity contribution >= 4 is 28.8 Å². The molecule has 0 aliphatic carbocycles. The van der Waals surface area contributed by atoms with E-state index in [4.69, 9.17) is 10.2 Å². The zero-order chi connectivity index (χ0) is 22.1. The van der Waals surface area contributed by atoms with E-state index in [0.717, 1.165) is 33.4 Å². The van der Waals surface area contributed by atoms with E-state index < -0.39 is 0 Å². The van der Waals surface area contributed by atoms with Crippen molar-refractivity contribution in [3.63, 3.8) is 0 Å². The van der Waals surface area contributed by atoms with Crippen LogP contribution in [0, 0.1) is 29.6 Å². The van der Waals surface area contributed by atoms with Crippen LogP contribution in [0.5, 0.6) is 0 Å². The number of rotatable bonds is 3. The average Bonchev–Trinajstić information content (AvgIpc) is 3.21. The third kappa shape index (κ3) is 3.31. The minimum Gasteiger partial charge on any atom is -0.291 e. The Hall–Kier alpha value is -4.67. The molecule has 0 fully saturated rings. The van der Waals surface area contributed by atoms with Gasteiger partial charge in [0.25, 0.3) is 0 Å². The summed E-state index contributed by atoms with van der Waals surface area (Å²) in [5.74, 6) is 0. The van der Waals surface area contributed by atoms with E-state index in [1.165, 1.54) is 5.56 Å². The van der Waals surface area contributed by atoms with Crippen molar-refractivity contribution in [2.75, 3.05) is 0 Å². The van der Waals surface area contributed by atoms with E-state index in [1.807, 2.05) is 54.6 Å². The number of hydrogen-bond donors (Lipinski definition) is 0. The standard InChI is InChI=1S/C28H18N4/c1-19-5-4-6-23(15-19)27-16-22(14-13-20-9-11-21(17-29)12-10-20)24(18-30)28-31-25-7-2-3-8-26(25)32(27)28/h2-16H,1H3/b14-13+. The van der Waals surface area contributed by atoms with E-state index in [9.17, 15) is 5.26 Å². The largest absolute Gasteiger partial charge is 0.291 e. The first-order valence-corrected chi connectivity index (χ1v) is 10.3. The minimum atomic E-state index is 0.530. The Morgan fingerprint density at radius 1 is 0.844 bits per heavy atom. The third-order valence-electron chi connectivity index (χ3n) is 5.53. The van der Waals surface area contributed by atoms with Crippen LogP contribution in [0.2, 0.25) is 0 Å². The summed E-state index contributed by atoms with van der Waals surface area (Å²) in [7, 11) is 0. The number of aromatic nitrogens is 2. The molecule has 150 valence electrons. The molecule has 0 amide bonds. The topological polar surface area (TPSA) is 64.9 Å². The molecule has 2 aromatic heterocycles. The van der Waals surface area contributed by atoms with Gasteiger partial charge in [-0.25, -0.2) is 4.98 Å². The molecule has 0 aliphatic rings. The Bertz CT molecular complexity index is 1590. The lowest BCUT2D eigenvalue weighted by Gasteiger charge is -2.11. The third-order valence-corrected chi connectivity index (χ3v) is 5.53. The predicted molar refractivity (Wildman–Crippen MR) is 128 cm³/mol. The summed E-state index contributed by atoms with van der Waals surface area (Å²) < 4.78 is 2.07. The van der Waals surface area contributed by atoms with Gasteiger partial charge in [0.2, 0.25) is 0 Å². The molecule has 5 aromatic rings. The van der Waals surface area contributed by atoms with Crippen molar-refractivity contribution in [1.82, 2.24) is 9.38 Å². The Kier molecular flexibility index (Phi) is 4.75. The van der Waals surface area contributed by atoms with Gasteiger partial charge in [-0.15, -0.1) is 0 Å². The predicted octanol–water partition coefficient (Wildman–Crippen LogP) is 6.38. The van der Waals surface area contributed by atoms with Gasteiger partial charge in [-0.05, 0) is 60.0 Å². The summed E-state index contributed by atoms with van der Waals surface area (Å²) in [5, 5.41) is 19.0. The van der Waals surface area contributed by atoms with E-state index in [0.29, 0.717) is 16.8 Å². The molecule has 0 aliphatic heterocycles. The lowest BCUT2D eigenvalue weighted by molar-refractivity contribution is 1.21. The molecule has 0 bridgehead atoms. The maximum atomic E-state index is 10.0. The number of nitriles is 2. The van der Waals surface area contributed by atoms with Crippen molar-refractivity contribution in [3.8, 4) is 23.4 Å². The molecule has 0 radical (unpaired) electrons. The number of imidazole rings is 1. The molecule has 0 spiro atoms. The lowest BCUT2D eigenvalue weighted by Crippen LogP contribution is -1.98. The van der Waals surface area contributed by atoms with Crippen molar-refractivity contribution < 1.29 is 0 Å². The van der Waals surface area contributed by atoms with Crippen LogP contribution in [0.15, 0.2) is 78.9 Å². The maximum absolute atomic E-state index is 10.0. The second-order valence-electron chi connectivity index (χ2n) is 7.67. The summed E-state index contributed by atoms with van der Waals surface area (Å²) in [6.07, 6.45) is 3.90. The number of hydrogen-bond acceptors (Lipinski definition) is 3. The van der Waals surface area contributed by atoms with Crippen molar-refractivity contribution in [2.45, 2.75) is 6.92 Å². The SMILES string of the molecule is Cc1cccc(-c2cc(/C=C/c3ccc(C#N)cc3)c(C#N)c3nc4ccccc4n23)c1. The van der Waals surface area contributed by atoms with Gasteiger partial charge >= 0.3 is 0 Å². The van der Waals surface area contributed by atoms with Gasteiger partial charge in [0.05, 0.1) is 28.4 Å². The normalized spacial score (nSPS) is 11.1. The second-order valence-corrected chi connectivity index (χ2v) is 7.67. The van der Waals surface area contributed by atoms with Crippen LogP contribution in [0.4, 0.5) is 0 Å². The van der Waals surface area contributed by atoms with Gasteiger partial charge in [-0.2, -0.15) is 10.5 Å². The van der Waals surface area contributed by atoms with E-state index in [2.05, 4.69) is 47.7 Å². The molecule has 0 N–H and O–H groups in total. The highest BCUT2D eigenvalue weighted by molar-refractivity contribution is 5.89. The first kappa shape index (κ1) is 19.3. The van der Waals surface area contributed by atoms with Crippen LogP contribution in [0.3, 0.4) is 0 Å². The summed E-state index contributed by atoms with van der Waals surface area (Å²) in [6.45, 7) is 2.07. The number of benzene rings is 3. The highest BCUT2D eigenvalue weighted by atomic mass is 15.0. The van der Waals surface area contributed by atoms with Crippen LogP contribution < -0.4 is 0 Å². The van der Waals surface area contributed by atoms with Crippen molar-refractivity contribution in [2.24, 2.45) is 0 Å². The maximum Gasteiger partial charge on any atom is 0.157 e. The molecular weight excluding hydrogens is 392 g/mol. The summed E-state index contributed by atoms with van der Waals surface area (Å²) >= 11 is 0. The number of para-hydroxylation sites is 2. The van der Waals surface area contributed by atoms with Gasteiger partial charge in [0.15, 0.2) is 5.65 Å². The average molecular weight is 410 g/mol. The fraction of sp³-hybridized carbons (Fsp3) is 0.0357. The van der Waals surface area contributed by atoms with E-state index in [-0.39, 0.29) is 0 Å². The fourth-order valence-electron chi connectivity index (χ4n) is 3.97. The van der Waals surface area contributed by atoms with Gasteiger partial charge in [-0.3, -0.25) is 4.40 Å². The van der Waals surface area contributed by atoms with Gasteiger partial charge in [0.1, 0.15) is 11.6 Å². The monoisotopic (exact) mass is 410 g/mol. The Morgan fingerprint density at radius 2 is 1.66 bits per heavy atom. The van der Waals surface area contributed by atoms with Gasteiger partial charge < -0.3 is 0 Å². The van der Waals surface area contributed by atoms with Crippen LogP contribution >= 0.6 is 0 Å². The molecule has 4 nitrogen and oxygen atoms in total. The van der Waals surface area contributed by atoms with Gasteiger partial charge in [-0.1, -0.05) is 60.2 Å². The lowest BCUT2D eigenvalue weighted by atomic mass is 10.0. The van der Waals surface area contributed by atoms with Crippen LogP contribution in [-0.4, -0.2) is 9.38 Å². The summed E-state index contributed by atoms with van der Waals surface area (Å²) in [4.78, 5) is 4.80. The molecule has 32 heavy (non-hydrogen) atoms. The second kappa shape index (κ2) is 7.87. The number of fused-ring (bicyclic) bond motifs is 3. The first-order valence-electron chi connectivity index (χ1n) is 10.3. The number of aryl methyl sites for hydroxylation is 1. The Morgan fingerprint density at radius 3 is 2.41 bits per heavy atom. The fourth-order valence-corrected chi connectivity index (χ4v) is 3.97. The number of nitrogens with zero attached hydrogens (tertiary/aromatic N) is 4. The molecule has 0 saturated carbocycles. The van der Waals surface area contributed by atoms with Crippen LogP contribution in [0.25, 0.3) is 40.1 Å². The molecule has 0 atom stereocenters. The summed E-state index contributed by atoms with van der Waals surface area (Å²) in [5.41, 5.74) is 8.59. The minimum absolute atomic E-state index is 0.530. The molecule has 4 heteroatoms. The smallest absolute Gasteiger partial charge is 0.157 e. The molecule has 3 aromatic carbocycles. The number of pyridine rings is 1. The first-order chi connectivity index (χ1) is 15.7. The van der Waals surface area contributed by atoms with Crippen LogP contribution in [-0.2, 0) is 0 Å². The highest BCUT2D eigenvalue weighted by Crippen LogP contribution is 2.31. The quantitative estimate of drug-likeness (QED) is 0.347. The van der Waals surface area contributed by atoms with Crippen LogP contribution in [0.1, 0.15) is 27.8 Å². The van der Waals surface area contributed by atoms with Crippen molar-refractivity contribution in [1.29, 1.82) is 10.5 Å². The summed E-state index contributed by atoms with van der Waals surface area (Å²) in [6, 6.07) is 30.2. The highest BCUT2D eigenvalue weighted by Gasteiger charge is 2.17. The van der Waals surface area contributed by atoms with E-state index >= 15 is 0 Å². The molecular formula is C28H18N4. The zero-order valence-electron chi connectivity index (χ0n) is 17.4. The Balaban J connectivity index is 1.78. The molecule has 0 saturated heterocycles. The molecule has 5 rings (SSSR count). The van der Waals surface area contributed by atoms with Gasteiger partial charge in [0, 0.05) is 0 Å². The zero-order valence-corrected chi connectivity index (χ0v) is 17.4. The van der Waals surface area contributed by atoms with E-state index in [1.54, 1.807) is 12.1 Å².